The van der Waals surface area contributed by atoms with E-state index >= 15 is 0 Å². The van der Waals surface area contributed by atoms with Crippen LogP contribution in [-0.2, 0) is 9.53 Å². The molecule has 1 N–H and O–H groups in total. The van der Waals surface area contributed by atoms with Gasteiger partial charge in [0, 0.05) is 11.6 Å². The van der Waals surface area contributed by atoms with Crippen molar-refractivity contribution in [3.05, 3.63) is 68.1 Å². The number of esters is 1. The fourth-order valence-corrected chi connectivity index (χ4v) is 2.95. The Labute approximate surface area is 158 Å². The van der Waals surface area contributed by atoms with Crippen molar-refractivity contribution in [3.8, 4) is 11.5 Å². The zero-order valence-corrected chi connectivity index (χ0v) is 15.5. The summed E-state index contributed by atoms with van der Waals surface area (Å²) in [6.45, 7) is 1.52. The van der Waals surface area contributed by atoms with Crippen LogP contribution in [-0.4, -0.2) is 25.3 Å². The van der Waals surface area contributed by atoms with Gasteiger partial charge in [0.25, 0.3) is 0 Å². The molecule has 0 spiro atoms. The van der Waals surface area contributed by atoms with Crippen LogP contribution in [0, 0.1) is 6.92 Å². The maximum Gasteiger partial charge on any atom is 0.306 e. The molecule has 28 heavy (non-hydrogen) atoms. The van der Waals surface area contributed by atoms with E-state index in [0.29, 0.717) is 11.3 Å². The molecule has 8 heteroatoms. The van der Waals surface area contributed by atoms with Crippen molar-refractivity contribution in [1.82, 2.24) is 0 Å². The van der Waals surface area contributed by atoms with Gasteiger partial charge >= 0.3 is 5.97 Å². The lowest BCUT2D eigenvalue weighted by atomic mass is 9.92. The first-order valence-electron chi connectivity index (χ1n) is 8.35. The number of carbonyl (C=O) groups excluding carboxylic acids is 1. The van der Waals surface area contributed by atoms with E-state index in [4.69, 9.17) is 18.3 Å². The summed E-state index contributed by atoms with van der Waals surface area (Å²) in [5.74, 6) is -1.94. The van der Waals surface area contributed by atoms with Crippen molar-refractivity contribution in [2.45, 2.75) is 19.3 Å². The number of aryl methyl sites for hydroxylation is 1. The molecule has 0 aliphatic carbocycles. The Kier molecular flexibility index (Phi) is 5.21. The zero-order chi connectivity index (χ0) is 20.4. The fourth-order valence-electron chi connectivity index (χ4n) is 2.95. The van der Waals surface area contributed by atoms with Gasteiger partial charge in [-0.1, -0.05) is 0 Å². The molecule has 2 heterocycles. The van der Waals surface area contributed by atoms with Crippen LogP contribution in [0.25, 0.3) is 11.0 Å². The van der Waals surface area contributed by atoms with Gasteiger partial charge in [-0.15, -0.1) is 0 Å². The first kappa shape index (κ1) is 19.2. The van der Waals surface area contributed by atoms with E-state index in [0.717, 1.165) is 6.07 Å². The summed E-state index contributed by atoms with van der Waals surface area (Å²) in [7, 11) is 2.66. The number of aromatic hydroxyl groups is 1. The predicted molar refractivity (Wildman–Crippen MR) is 98.9 cm³/mol. The van der Waals surface area contributed by atoms with E-state index in [9.17, 15) is 19.5 Å². The van der Waals surface area contributed by atoms with Gasteiger partial charge in [-0.25, -0.2) is 0 Å². The third-order valence-electron chi connectivity index (χ3n) is 4.37. The zero-order valence-electron chi connectivity index (χ0n) is 15.5. The SMILES string of the molecule is COC(=O)C[C@@H](c1oc(C)cc(=O)c1O)c1coc2ccc(OC)cc2c1=O. The van der Waals surface area contributed by atoms with E-state index < -0.39 is 28.5 Å². The van der Waals surface area contributed by atoms with Crippen molar-refractivity contribution in [1.29, 1.82) is 0 Å². The summed E-state index contributed by atoms with van der Waals surface area (Å²) >= 11 is 0. The minimum absolute atomic E-state index is 0.0372. The Morgan fingerprint density at radius 3 is 2.64 bits per heavy atom. The van der Waals surface area contributed by atoms with Gasteiger partial charge in [0.05, 0.1) is 38.2 Å². The van der Waals surface area contributed by atoms with Gasteiger partial charge < -0.3 is 23.4 Å². The van der Waals surface area contributed by atoms with Crippen LogP contribution in [0.5, 0.6) is 11.5 Å². The molecule has 3 aromatic rings. The second-order valence-corrected chi connectivity index (χ2v) is 6.15. The molecular formula is C20H18O8. The topological polar surface area (TPSA) is 116 Å². The number of ether oxygens (including phenoxy) is 2. The van der Waals surface area contributed by atoms with E-state index in [1.54, 1.807) is 12.1 Å². The van der Waals surface area contributed by atoms with Crippen molar-refractivity contribution in [2.75, 3.05) is 14.2 Å². The maximum atomic E-state index is 13.1. The minimum atomic E-state index is -1.08. The van der Waals surface area contributed by atoms with Crippen molar-refractivity contribution in [2.24, 2.45) is 0 Å². The lowest BCUT2D eigenvalue weighted by Gasteiger charge is -2.16. The summed E-state index contributed by atoms with van der Waals surface area (Å²) in [5.41, 5.74) is -0.769. The molecule has 3 rings (SSSR count). The van der Waals surface area contributed by atoms with Crippen LogP contribution in [0.1, 0.15) is 29.4 Å². The van der Waals surface area contributed by atoms with Crippen LogP contribution >= 0.6 is 0 Å². The Hall–Kier alpha value is -3.55. The Balaban J connectivity index is 2.27. The molecule has 0 bridgehead atoms. The fraction of sp³-hybridized carbons (Fsp3) is 0.250. The number of hydrogen-bond donors (Lipinski definition) is 1. The van der Waals surface area contributed by atoms with E-state index in [-0.39, 0.29) is 28.9 Å². The Bertz CT molecular complexity index is 1160. The van der Waals surface area contributed by atoms with Crippen LogP contribution < -0.4 is 15.6 Å². The summed E-state index contributed by atoms with van der Waals surface area (Å²) in [6.07, 6.45) is 0.850. The average Bonchev–Trinajstić information content (AvgIpc) is 2.69. The van der Waals surface area contributed by atoms with E-state index in [2.05, 4.69) is 0 Å². The molecule has 0 unspecified atom stereocenters. The van der Waals surface area contributed by atoms with Crippen molar-refractivity contribution in [3.63, 3.8) is 0 Å². The quantitative estimate of drug-likeness (QED) is 0.665. The number of hydrogen-bond acceptors (Lipinski definition) is 8. The molecule has 0 saturated carbocycles. The highest BCUT2D eigenvalue weighted by molar-refractivity contribution is 5.79. The third-order valence-corrected chi connectivity index (χ3v) is 4.37. The molecule has 146 valence electrons. The molecule has 0 amide bonds. The van der Waals surface area contributed by atoms with Crippen molar-refractivity contribution >= 4 is 16.9 Å². The molecule has 2 aromatic heterocycles. The highest BCUT2D eigenvalue weighted by Gasteiger charge is 2.29. The van der Waals surface area contributed by atoms with Gasteiger partial charge in [0.15, 0.2) is 11.2 Å². The second-order valence-electron chi connectivity index (χ2n) is 6.15. The molecule has 0 aliphatic rings. The summed E-state index contributed by atoms with van der Waals surface area (Å²) < 4.78 is 20.9. The lowest BCUT2D eigenvalue weighted by molar-refractivity contribution is -0.140. The first-order chi connectivity index (χ1) is 13.3. The Morgan fingerprint density at radius 1 is 1.21 bits per heavy atom. The standard InChI is InChI=1S/C20H18O8/c1-10-6-15(21)19(24)20(28-10)12(8-17(22)26-3)14-9-27-16-5-4-11(25-2)7-13(16)18(14)23/h4-7,9,12,24H,8H2,1-3H3/t12-/m1/s1. The highest BCUT2D eigenvalue weighted by Crippen LogP contribution is 2.33. The molecule has 0 aliphatic heterocycles. The summed E-state index contributed by atoms with van der Waals surface area (Å²) in [4.78, 5) is 37.0. The first-order valence-corrected chi connectivity index (χ1v) is 8.35. The lowest BCUT2D eigenvalue weighted by Crippen LogP contribution is -2.19. The monoisotopic (exact) mass is 386 g/mol. The molecule has 0 fully saturated rings. The normalized spacial score (nSPS) is 12.0. The average molecular weight is 386 g/mol. The summed E-state index contributed by atoms with van der Waals surface area (Å²) in [5, 5.41) is 10.4. The maximum absolute atomic E-state index is 13.1. The highest BCUT2D eigenvalue weighted by atomic mass is 16.5. The Morgan fingerprint density at radius 2 is 1.96 bits per heavy atom. The van der Waals surface area contributed by atoms with E-state index in [1.165, 1.54) is 33.5 Å². The van der Waals surface area contributed by atoms with Crippen LogP contribution in [0.15, 0.2) is 49.0 Å². The number of benzene rings is 1. The molecule has 0 saturated heterocycles. The van der Waals surface area contributed by atoms with Crippen LogP contribution in [0.3, 0.4) is 0 Å². The number of carbonyl (C=O) groups is 1. The van der Waals surface area contributed by atoms with Crippen molar-refractivity contribution < 1.29 is 28.2 Å². The van der Waals surface area contributed by atoms with Gasteiger partial charge in [0.2, 0.25) is 11.2 Å². The second kappa shape index (κ2) is 7.59. The van der Waals surface area contributed by atoms with Gasteiger partial charge in [-0.2, -0.15) is 0 Å². The van der Waals surface area contributed by atoms with Gasteiger partial charge in [0.1, 0.15) is 17.1 Å². The molecule has 1 aromatic carbocycles. The number of rotatable bonds is 5. The van der Waals surface area contributed by atoms with Gasteiger partial charge in [-0.05, 0) is 25.1 Å². The number of fused-ring (bicyclic) bond motifs is 1. The largest absolute Gasteiger partial charge is 0.502 e. The molecule has 1 atom stereocenters. The van der Waals surface area contributed by atoms with Gasteiger partial charge in [-0.3, -0.25) is 14.4 Å². The van der Waals surface area contributed by atoms with E-state index in [1.807, 2.05) is 0 Å². The van der Waals surface area contributed by atoms with Crippen LogP contribution in [0.2, 0.25) is 0 Å². The predicted octanol–water partition coefficient (Wildman–Crippen LogP) is 2.46. The van der Waals surface area contributed by atoms with Crippen LogP contribution in [0.4, 0.5) is 0 Å². The third kappa shape index (κ3) is 3.48. The molecular weight excluding hydrogens is 368 g/mol. The molecule has 8 nitrogen and oxygen atoms in total. The molecule has 0 radical (unpaired) electrons. The number of methoxy groups -OCH3 is 2. The summed E-state index contributed by atoms with van der Waals surface area (Å²) in [6, 6.07) is 5.84. The minimum Gasteiger partial charge on any atom is -0.502 e. The smallest absolute Gasteiger partial charge is 0.306 e.